The summed E-state index contributed by atoms with van der Waals surface area (Å²) in [6.45, 7) is 2.17. The topological polar surface area (TPSA) is 49.8 Å². The molecule has 1 aromatic heterocycles. The highest BCUT2D eigenvalue weighted by atomic mass is 79.9. The fourth-order valence-electron chi connectivity index (χ4n) is 1.72. The minimum absolute atomic E-state index is 0.267. The molecule has 1 aliphatic rings. The van der Waals surface area contributed by atoms with Gasteiger partial charge >= 0.3 is 5.97 Å². The Balaban J connectivity index is 2.07. The minimum Gasteiger partial charge on any atom is -0.480 e. The molecule has 2 rings (SSSR count). The van der Waals surface area contributed by atoms with E-state index in [0.29, 0.717) is 19.7 Å². The monoisotopic (exact) mass is 383 g/mol. The second-order valence-electron chi connectivity index (χ2n) is 3.73. The smallest absolute Gasteiger partial charge is 0.323 e. The van der Waals surface area contributed by atoms with Gasteiger partial charge in [-0.2, -0.15) is 0 Å². The normalized spacial score (nSPS) is 21.6. The maximum absolute atomic E-state index is 11.1. The van der Waals surface area contributed by atoms with Crippen LogP contribution in [0.3, 0.4) is 0 Å². The third-order valence-electron chi connectivity index (χ3n) is 2.58. The zero-order chi connectivity index (χ0) is 12.4. The number of aliphatic carboxylic acids is 1. The van der Waals surface area contributed by atoms with Gasteiger partial charge in [-0.25, -0.2) is 0 Å². The number of halogens is 2. The summed E-state index contributed by atoms with van der Waals surface area (Å²) >= 11 is 8.48. The van der Waals surface area contributed by atoms with E-state index in [1.807, 2.05) is 11.0 Å². The molecule has 1 saturated heterocycles. The molecule has 1 fully saturated rings. The van der Waals surface area contributed by atoms with Gasteiger partial charge in [-0.1, -0.05) is 0 Å². The summed E-state index contributed by atoms with van der Waals surface area (Å²) in [6, 6.07) is 1.48. The summed E-state index contributed by atoms with van der Waals surface area (Å²) in [6.07, 6.45) is 0. The second-order valence-corrected chi connectivity index (χ2v) is 7.04. The molecule has 0 radical (unpaired) electrons. The lowest BCUT2D eigenvalue weighted by atomic mass is 10.2. The Kier molecular flexibility index (Phi) is 4.59. The van der Waals surface area contributed by atoms with E-state index in [1.54, 1.807) is 11.3 Å². The van der Waals surface area contributed by atoms with E-state index in [2.05, 4.69) is 31.9 Å². The fraction of sp³-hybridized carbons (Fsp3) is 0.500. The van der Waals surface area contributed by atoms with E-state index >= 15 is 0 Å². The first kappa shape index (κ1) is 13.5. The SMILES string of the molecule is O=C(O)C1COCCN1Cc1cc(Br)c(Br)s1. The standard InChI is InChI=1S/C10H11Br2NO3S/c11-7-3-6(17-9(7)12)4-13-1-2-16-5-8(13)10(14)15/h3,8H,1-2,4-5H2,(H,14,15). The molecule has 7 heteroatoms. The molecule has 17 heavy (non-hydrogen) atoms. The summed E-state index contributed by atoms with van der Waals surface area (Å²) < 4.78 is 7.25. The van der Waals surface area contributed by atoms with Gasteiger partial charge in [0.15, 0.2) is 0 Å². The van der Waals surface area contributed by atoms with Crippen molar-refractivity contribution in [1.82, 2.24) is 4.90 Å². The van der Waals surface area contributed by atoms with Crippen molar-refractivity contribution in [2.75, 3.05) is 19.8 Å². The first-order chi connectivity index (χ1) is 8.08. The van der Waals surface area contributed by atoms with Gasteiger partial charge in [-0.15, -0.1) is 11.3 Å². The lowest BCUT2D eigenvalue weighted by molar-refractivity contribution is -0.150. The van der Waals surface area contributed by atoms with Crippen molar-refractivity contribution < 1.29 is 14.6 Å². The van der Waals surface area contributed by atoms with Crippen LogP contribution in [0.2, 0.25) is 0 Å². The van der Waals surface area contributed by atoms with Crippen LogP contribution in [-0.4, -0.2) is 41.8 Å². The third-order valence-corrected chi connectivity index (χ3v) is 5.82. The van der Waals surface area contributed by atoms with Gasteiger partial charge in [0.05, 0.1) is 17.0 Å². The summed E-state index contributed by atoms with van der Waals surface area (Å²) in [5.41, 5.74) is 0. The first-order valence-electron chi connectivity index (χ1n) is 5.06. The van der Waals surface area contributed by atoms with Crippen molar-refractivity contribution in [3.05, 3.63) is 19.2 Å². The maximum Gasteiger partial charge on any atom is 0.323 e. The van der Waals surface area contributed by atoms with Gasteiger partial charge in [0.25, 0.3) is 0 Å². The Bertz CT molecular complexity index is 404. The summed E-state index contributed by atoms with van der Waals surface area (Å²) in [5.74, 6) is -0.820. The Labute approximate surface area is 120 Å². The molecule has 94 valence electrons. The van der Waals surface area contributed by atoms with Crippen LogP contribution in [0.25, 0.3) is 0 Å². The van der Waals surface area contributed by atoms with Gasteiger partial charge in [0.2, 0.25) is 0 Å². The number of carboxylic acids is 1. The van der Waals surface area contributed by atoms with Crippen LogP contribution >= 0.6 is 43.2 Å². The zero-order valence-electron chi connectivity index (χ0n) is 8.86. The average molecular weight is 385 g/mol. The van der Waals surface area contributed by atoms with E-state index in [-0.39, 0.29) is 6.61 Å². The van der Waals surface area contributed by atoms with Crippen LogP contribution in [0.5, 0.6) is 0 Å². The lowest BCUT2D eigenvalue weighted by Gasteiger charge is -2.32. The molecule has 0 spiro atoms. The molecule has 0 amide bonds. The lowest BCUT2D eigenvalue weighted by Crippen LogP contribution is -2.49. The third kappa shape index (κ3) is 3.29. The minimum atomic E-state index is -0.820. The van der Waals surface area contributed by atoms with E-state index in [9.17, 15) is 4.79 Å². The number of ether oxygens (including phenoxy) is 1. The van der Waals surface area contributed by atoms with Crippen molar-refractivity contribution in [2.24, 2.45) is 0 Å². The van der Waals surface area contributed by atoms with Crippen molar-refractivity contribution in [1.29, 1.82) is 0 Å². The second kappa shape index (κ2) is 5.79. The number of rotatable bonds is 3. The number of hydrogen-bond donors (Lipinski definition) is 1. The highest BCUT2D eigenvalue weighted by molar-refractivity contribution is 9.13. The molecule has 1 aliphatic heterocycles. The molecule has 2 heterocycles. The van der Waals surface area contributed by atoms with Gasteiger partial charge in [0, 0.05) is 22.4 Å². The molecule has 4 nitrogen and oxygen atoms in total. The van der Waals surface area contributed by atoms with Gasteiger partial charge < -0.3 is 9.84 Å². The largest absolute Gasteiger partial charge is 0.480 e. The predicted molar refractivity (Wildman–Crippen MR) is 72.4 cm³/mol. The molecule has 0 saturated carbocycles. The Morgan fingerprint density at radius 2 is 2.41 bits per heavy atom. The average Bonchev–Trinajstić information content (AvgIpc) is 2.58. The van der Waals surface area contributed by atoms with Crippen molar-refractivity contribution in [3.8, 4) is 0 Å². The fourth-order valence-corrected chi connectivity index (χ4v) is 3.93. The Morgan fingerprint density at radius 1 is 1.65 bits per heavy atom. The molecule has 1 N–H and O–H groups in total. The molecular weight excluding hydrogens is 374 g/mol. The van der Waals surface area contributed by atoms with Gasteiger partial charge in [-0.05, 0) is 37.9 Å². The molecule has 1 unspecified atom stereocenters. The van der Waals surface area contributed by atoms with Crippen molar-refractivity contribution in [3.63, 3.8) is 0 Å². The number of nitrogens with zero attached hydrogens (tertiary/aromatic N) is 1. The molecule has 1 aromatic rings. The van der Waals surface area contributed by atoms with E-state index < -0.39 is 12.0 Å². The number of hydrogen-bond acceptors (Lipinski definition) is 4. The van der Waals surface area contributed by atoms with Crippen LogP contribution < -0.4 is 0 Å². The zero-order valence-corrected chi connectivity index (χ0v) is 12.8. The van der Waals surface area contributed by atoms with Crippen LogP contribution in [0.1, 0.15) is 4.88 Å². The highest BCUT2D eigenvalue weighted by Gasteiger charge is 2.29. The van der Waals surface area contributed by atoms with Crippen LogP contribution in [0.15, 0.2) is 14.3 Å². The molecule has 1 atom stereocenters. The van der Waals surface area contributed by atoms with E-state index in [0.717, 1.165) is 13.1 Å². The van der Waals surface area contributed by atoms with Gasteiger partial charge in [0.1, 0.15) is 6.04 Å². The Hall–Kier alpha value is 0.0500. The van der Waals surface area contributed by atoms with E-state index in [4.69, 9.17) is 9.84 Å². The van der Waals surface area contributed by atoms with Crippen molar-refractivity contribution in [2.45, 2.75) is 12.6 Å². The van der Waals surface area contributed by atoms with Crippen LogP contribution in [0.4, 0.5) is 0 Å². The van der Waals surface area contributed by atoms with Crippen molar-refractivity contribution >= 4 is 49.2 Å². The van der Waals surface area contributed by atoms with Crippen LogP contribution in [0, 0.1) is 0 Å². The first-order valence-corrected chi connectivity index (χ1v) is 7.46. The summed E-state index contributed by atoms with van der Waals surface area (Å²) in [5, 5.41) is 9.11. The maximum atomic E-state index is 11.1. The predicted octanol–water partition coefficient (Wildman–Crippen LogP) is 2.56. The Morgan fingerprint density at radius 3 is 3.00 bits per heavy atom. The quantitative estimate of drug-likeness (QED) is 0.869. The van der Waals surface area contributed by atoms with Gasteiger partial charge in [-0.3, -0.25) is 9.69 Å². The summed E-state index contributed by atoms with van der Waals surface area (Å²) in [4.78, 5) is 14.2. The highest BCUT2D eigenvalue weighted by Crippen LogP contribution is 2.33. The summed E-state index contributed by atoms with van der Waals surface area (Å²) in [7, 11) is 0. The number of thiophene rings is 1. The molecule has 0 bridgehead atoms. The molecular formula is C10H11Br2NO3S. The van der Waals surface area contributed by atoms with Crippen LogP contribution in [-0.2, 0) is 16.1 Å². The molecule has 0 aliphatic carbocycles. The van der Waals surface area contributed by atoms with E-state index in [1.165, 1.54) is 0 Å². The number of carbonyl (C=O) groups is 1. The molecule has 0 aromatic carbocycles. The number of morpholine rings is 1. The number of carboxylic acid groups (broad SMARTS) is 1.